The molecule has 0 aliphatic rings. The number of fused-ring (bicyclic) bond motifs is 4. The number of H-pyrrole nitrogens is 2. The van der Waals surface area contributed by atoms with Crippen molar-refractivity contribution >= 4 is 146 Å². The number of nitrogens with one attached hydrogen (secondary N) is 2. The number of alkyl halides is 6. The van der Waals surface area contributed by atoms with Crippen molar-refractivity contribution in [3.63, 3.8) is 0 Å². The van der Waals surface area contributed by atoms with E-state index in [4.69, 9.17) is 18.9 Å². The summed E-state index contributed by atoms with van der Waals surface area (Å²) in [5.74, 6) is -4.40. The Morgan fingerprint density at radius 3 is 1.24 bits per heavy atom. The molecular formula is C54H37F6N5O17S3. The fourth-order valence-corrected chi connectivity index (χ4v) is 13.0. The molecule has 4 aromatic heterocycles. The Hall–Kier alpha value is -9.75. The minimum atomic E-state index is -6.18. The number of ether oxygens (including phenoxy) is 4. The Morgan fingerprint density at radius 2 is 0.835 bits per heavy atom. The lowest BCUT2D eigenvalue weighted by atomic mass is 9.91. The van der Waals surface area contributed by atoms with E-state index in [9.17, 15) is 80.4 Å². The van der Waals surface area contributed by atoms with Gasteiger partial charge in [-0.1, -0.05) is 91.0 Å². The molecule has 0 fully saturated rings. The molecule has 0 saturated carbocycles. The zero-order valence-corrected chi connectivity index (χ0v) is 46.5. The van der Waals surface area contributed by atoms with Crippen LogP contribution in [-0.2, 0) is 49.1 Å². The molecule has 0 bridgehead atoms. The number of anilines is 1. The van der Waals surface area contributed by atoms with Gasteiger partial charge in [-0.25, -0.2) is 32.6 Å². The van der Waals surface area contributed by atoms with Crippen molar-refractivity contribution in [2.45, 2.75) is 17.9 Å². The summed E-state index contributed by atoms with van der Waals surface area (Å²) in [5.41, 5.74) is -12.1. The maximum atomic E-state index is 13.2. The van der Waals surface area contributed by atoms with Gasteiger partial charge >= 0.3 is 55.0 Å². The lowest BCUT2D eigenvalue weighted by Gasteiger charge is -2.22. The summed E-state index contributed by atoms with van der Waals surface area (Å²) in [6.45, 7) is 1.63. The molecule has 2 N–H and O–H groups in total. The fraction of sp³-hybridized carbons (Fsp3) is 0.148. The quantitative estimate of drug-likeness (QED) is 0.0260. The highest BCUT2D eigenvalue weighted by atomic mass is 32.3. The van der Waals surface area contributed by atoms with Crippen molar-refractivity contribution < 1.29 is 93.9 Å². The third kappa shape index (κ3) is 9.96. The summed E-state index contributed by atoms with van der Waals surface area (Å²) in [4.78, 5) is 89.6. The van der Waals surface area contributed by atoms with Gasteiger partial charge in [0.15, 0.2) is 0 Å². The van der Waals surface area contributed by atoms with Crippen LogP contribution in [0, 0.1) is 6.92 Å². The third-order valence-electron chi connectivity index (χ3n) is 13.2. The number of hydrogen-bond donors (Lipinski definition) is 2. The van der Waals surface area contributed by atoms with Gasteiger partial charge in [-0.3, -0.25) is 14.6 Å². The number of methoxy groups -OCH3 is 4. The van der Waals surface area contributed by atoms with E-state index in [0.717, 1.165) is 19.2 Å². The monoisotopic (exact) mass is 1240 g/mol. The van der Waals surface area contributed by atoms with Crippen molar-refractivity contribution in [3.05, 3.63) is 152 Å². The van der Waals surface area contributed by atoms with Crippen LogP contribution in [0.25, 0.3) is 86.7 Å². The molecular weight excluding hydrogens is 1200 g/mol. The van der Waals surface area contributed by atoms with Crippen LogP contribution in [0.3, 0.4) is 0 Å². The number of aromatic nitrogens is 4. The van der Waals surface area contributed by atoms with Crippen molar-refractivity contribution in [2.24, 2.45) is 0 Å². The minimum Gasteiger partial charge on any atom is -0.465 e. The first-order chi connectivity index (χ1) is 39.9. The molecule has 11 aromatic rings. The highest BCUT2D eigenvalue weighted by Crippen LogP contribution is 2.44. The number of sulfonamides is 2. The van der Waals surface area contributed by atoms with Gasteiger partial charge in [0.05, 0.1) is 73.7 Å². The van der Waals surface area contributed by atoms with E-state index >= 15 is 0 Å². The highest BCUT2D eigenvalue weighted by molar-refractivity contribution is 8.10. The van der Waals surface area contributed by atoms with Crippen molar-refractivity contribution in [3.8, 4) is 5.88 Å². The van der Waals surface area contributed by atoms with Gasteiger partial charge < -0.3 is 33.1 Å². The van der Waals surface area contributed by atoms with Gasteiger partial charge in [0.25, 0.3) is 11.1 Å². The molecule has 0 unspecified atom stereocenters. The third-order valence-corrected chi connectivity index (χ3v) is 17.6. The lowest BCUT2D eigenvalue weighted by molar-refractivity contribution is -0.0502. The molecule has 0 radical (unpaired) electrons. The second kappa shape index (κ2) is 21.5. The van der Waals surface area contributed by atoms with Crippen LogP contribution in [0.4, 0.5) is 32.0 Å². The van der Waals surface area contributed by atoms with Gasteiger partial charge in [0.1, 0.15) is 16.7 Å². The first kappa shape index (κ1) is 59.9. The summed E-state index contributed by atoms with van der Waals surface area (Å²) >= 11 is 0. The summed E-state index contributed by atoms with van der Waals surface area (Å²) in [6, 6.07) is 25.4. The number of para-hydroxylation sites is 1. The number of hydrogen-bond acceptors (Lipinski definition) is 19. The number of esters is 4. The van der Waals surface area contributed by atoms with Crippen LogP contribution >= 0.6 is 0 Å². The second-order valence-electron chi connectivity index (χ2n) is 18.1. The van der Waals surface area contributed by atoms with E-state index in [1.807, 2.05) is 0 Å². The average molecular weight is 1240 g/mol. The predicted molar refractivity (Wildman–Crippen MR) is 297 cm³/mol. The Labute approximate surface area is 472 Å². The first-order valence-corrected chi connectivity index (χ1v) is 28.6. The molecule has 22 nitrogen and oxygen atoms in total. The average Bonchev–Trinajstić information content (AvgIpc) is 0.777. The number of carbonyl (C=O) groups excluding carboxylic acids is 4. The molecule has 0 aliphatic heterocycles. The van der Waals surface area contributed by atoms with Crippen LogP contribution in [0.2, 0.25) is 0 Å². The normalized spacial score (nSPS) is 12.3. The Morgan fingerprint density at radius 1 is 0.471 bits per heavy atom. The van der Waals surface area contributed by atoms with Crippen molar-refractivity contribution in [2.75, 3.05) is 38.4 Å². The molecule has 4 heterocycles. The van der Waals surface area contributed by atoms with Crippen molar-refractivity contribution in [1.82, 2.24) is 19.9 Å². The summed E-state index contributed by atoms with van der Waals surface area (Å²) in [5, 5.41) is 5.34. The van der Waals surface area contributed by atoms with E-state index in [0.29, 0.717) is 87.7 Å². The number of carbonyl (C=O) groups is 4. The molecule has 0 saturated heterocycles. The van der Waals surface area contributed by atoms with E-state index in [-0.39, 0.29) is 27.6 Å². The molecule has 440 valence electrons. The van der Waals surface area contributed by atoms with Gasteiger partial charge in [0.2, 0.25) is 15.9 Å². The second-order valence-corrected chi connectivity index (χ2v) is 23.5. The maximum absolute atomic E-state index is 13.2. The number of halogens is 6. The maximum Gasteiger partial charge on any atom is 0.534 e. The lowest BCUT2D eigenvalue weighted by Crippen LogP contribution is -2.44. The van der Waals surface area contributed by atoms with Gasteiger partial charge in [-0.05, 0) is 19.1 Å². The van der Waals surface area contributed by atoms with Crippen LogP contribution in [0.5, 0.6) is 5.88 Å². The van der Waals surface area contributed by atoms with E-state index in [1.54, 1.807) is 67.6 Å². The van der Waals surface area contributed by atoms with Crippen LogP contribution in [0.15, 0.2) is 113 Å². The number of rotatable bonds is 9. The summed E-state index contributed by atoms with van der Waals surface area (Å²) in [7, 11) is -12.2. The van der Waals surface area contributed by atoms with Crippen LogP contribution in [-0.4, -0.2) is 115 Å². The number of benzene rings is 7. The summed E-state index contributed by atoms with van der Waals surface area (Å²) in [6.07, 6.45) is 0.378. The van der Waals surface area contributed by atoms with Crippen LogP contribution < -0.4 is 19.0 Å². The smallest absolute Gasteiger partial charge is 0.465 e. The van der Waals surface area contributed by atoms with E-state index in [2.05, 4.69) is 24.1 Å². The number of nitrogens with zero attached hydrogens (tertiary/aromatic N) is 3. The number of aromatic amines is 2. The Balaban J connectivity index is 0.000000162. The van der Waals surface area contributed by atoms with Gasteiger partial charge in [-0.15, -0.1) is 0 Å². The molecule has 31 heteroatoms. The van der Waals surface area contributed by atoms with Crippen LogP contribution in [0.1, 0.15) is 47.1 Å². The van der Waals surface area contributed by atoms with Crippen molar-refractivity contribution in [1.29, 1.82) is 0 Å². The molecule has 0 aliphatic carbocycles. The Kier molecular flexibility index (Phi) is 15.1. The molecule has 0 atom stereocenters. The number of pyridine rings is 4. The molecule has 0 amide bonds. The zero-order valence-electron chi connectivity index (χ0n) is 44.1. The van der Waals surface area contributed by atoms with E-state index < -0.39 is 97.0 Å². The largest absolute Gasteiger partial charge is 0.534 e. The first-order valence-electron chi connectivity index (χ1n) is 23.9. The van der Waals surface area contributed by atoms with Gasteiger partial charge in [-0.2, -0.15) is 46.9 Å². The Bertz CT molecular complexity index is 4990. The predicted octanol–water partition coefficient (Wildman–Crippen LogP) is 8.63. The number of aryl methyl sites for hydroxylation is 1. The minimum absolute atomic E-state index is 0.0326. The molecule has 0 spiro atoms. The SMILES string of the molecule is COC(=O)c1c(=O)[nH]c2c3cccc4c(C(=O)OC)c(=O)[nH]c(c5cccc1c52)c43.COC(=O)c1c(C)nc2c3cccc4c(C(=O)OC)c(OS(=O)(=O)C(F)(F)F)nc(c5cccc1c52)c43.CS(=O)(=O)N(c1ccccc1)S(=O)(=O)C(F)(F)F. The highest BCUT2D eigenvalue weighted by Gasteiger charge is 2.53. The molecule has 11 rings (SSSR count). The van der Waals surface area contributed by atoms with E-state index in [1.165, 1.54) is 51.7 Å². The topological polar surface area (TPSA) is 312 Å². The zero-order chi connectivity index (χ0) is 62.2. The molecule has 85 heavy (non-hydrogen) atoms. The molecule has 7 aromatic carbocycles. The summed E-state index contributed by atoms with van der Waals surface area (Å²) < 4.78 is 168. The standard InChI is InChI=1S/C24H15F3N2O7S.C22H14N2O6.C8H8F3NO4S2/c1-10-15(22(30)34-2)11-6-4-9-14-16(11)19(28-10)13-8-5-7-12-17(13)20(14)29-21(18(12)23(31)35-3)36-37(32,33)24(25,26)27;1-29-21(27)15-9-5-3-7-11-13(9)17(23-19(15)25)12-8-4-6-10-14(12)18(11)24-20(26)16(10)22(28)30-2;1-17(13,14)12(7-5-3-2-4-6-7)18(15,16)8(9,10)11/h4-9H,1-3H3;3-8H,1-2H3,(H,23,25)(H,24,26);2-6H,1H3. The van der Waals surface area contributed by atoms with Gasteiger partial charge in [0, 0.05) is 64.6 Å². The fourth-order valence-electron chi connectivity index (χ4n) is 9.85.